The van der Waals surface area contributed by atoms with E-state index in [4.69, 9.17) is 14.5 Å². The average molecular weight is 935 g/mol. The van der Waals surface area contributed by atoms with Crippen LogP contribution in [0.3, 0.4) is 0 Å². The molecule has 7 heterocycles. The first kappa shape index (κ1) is 45.1. The van der Waals surface area contributed by atoms with Crippen molar-refractivity contribution in [2.45, 2.75) is 97.9 Å². The summed E-state index contributed by atoms with van der Waals surface area (Å²) in [5, 5.41) is 44.9. The van der Waals surface area contributed by atoms with Gasteiger partial charge in [-0.2, -0.15) is 0 Å². The topological polar surface area (TPSA) is 216 Å². The molecular formula is C52H54N8O9. The van der Waals surface area contributed by atoms with Gasteiger partial charge in [0, 0.05) is 65.9 Å². The van der Waals surface area contributed by atoms with Gasteiger partial charge < -0.3 is 44.1 Å². The number of benzene rings is 3. The van der Waals surface area contributed by atoms with Crippen LogP contribution in [0.4, 0.5) is 4.79 Å². The van der Waals surface area contributed by atoms with Gasteiger partial charge in [0.05, 0.1) is 40.3 Å². The molecule has 3 aliphatic heterocycles. The predicted molar refractivity (Wildman–Crippen MR) is 256 cm³/mol. The molecule has 1 atom stereocenters. The van der Waals surface area contributed by atoms with E-state index in [1.807, 2.05) is 58.2 Å². The van der Waals surface area contributed by atoms with Crippen LogP contribution in [0.5, 0.6) is 17.2 Å². The van der Waals surface area contributed by atoms with Crippen molar-refractivity contribution in [1.82, 2.24) is 39.1 Å². The maximum atomic E-state index is 14.2. The van der Waals surface area contributed by atoms with Gasteiger partial charge in [0.1, 0.15) is 23.9 Å². The highest BCUT2D eigenvalue weighted by Crippen LogP contribution is 2.44. The molecule has 2 amide bonds. The summed E-state index contributed by atoms with van der Waals surface area (Å²) in [4.78, 5) is 61.9. The Bertz CT molecular complexity index is 3310. The first-order valence-electron chi connectivity index (χ1n) is 23.7. The highest BCUT2D eigenvalue weighted by molar-refractivity contribution is 5.93. The number of nitrogens with zero attached hydrogens (tertiary/aromatic N) is 7. The van der Waals surface area contributed by atoms with Gasteiger partial charge in [-0.25, -0.2) is 14.6 Å². The molecule has 0 bridgehead atoms. The number of esters is 1. The number of rotatable bonds is 11. The number of ether oxygens (including phenoxy) is 2. The number of fused-ring (bicyclic) bond motifs is 6. The first-order chi connectivity index (χ1) is 33.2. The Morgan fingerprint density at radius 3 is 2.48 bits per heavy atom. The maximum absolute atomic E-state index is 14.2. The third-order valence-corrected chi connectivity index (χ3v) is 14.2. The lowest BCUT2D eigenvalue weighted by molar-refractivity contribution is -0.173. The second kappa shape index (κ2) is 17.4. The number of aromatic nitrogens is 6. The summed E-state index contributed by atoms with van der Waals surface area (Å²) in [6.07, 6.45) is 4.40. The Hall–Kier alpha value is -7.69. The van der Waals surface area contributed by atoms with Gasteiger partial charge in [0.2, 0.25) is 11.4 Å². The zero-order chi connectivity index (χ0) is 48.5. The molecule has 7 aromatic rings. The Labute approximate surface area is 396 Å². The summed E-state index contributed by atoms with van der Waals surface area (Å²) in [5.74, 6) is -0.664. The quantitative estimate of drug-likeness (QED) is 0.0915. The number of piperidine rings is 1. The van der Waals surface area contributed by atoms with Crippen LogP contribution in [-0.2, 0) is 46.0 Å². The minimum absolute atomic E-state index is 0.0335. The lowest BCUT2D eigenvalue weighted by Crippen LogP contribution is -2.50. The minimum atomic E-state index is -1.82. The average Bonchev–Trinajstić information content (AvgIpc) is 4.07. The number of carbonyl (C=O) groups excluding carboxylic acids is 3. The molecule has 17 nitrogen and oxygen atoms in total. The molecule has 3 aliphatic rings. The largest absolute Gasteiger partial charge is 0.508 e. The van der Waals surface area contributed by atoms with Crippen molar-refractivity contribution < 1.29 is 39.2 Å². The Balaban J connectivity index is 0.844. The zero-order valence-electron chi connectivity index (χ0n) is 39.2. The SMILES string of the molecule is CCNC(=O)c1nnc(-c2cc(C(C)C)c(O)cc2O)n1-c1ccc2c(ccn2CCC2CCN(C(=O)O[C@]3(CC)C(=O)OCc4c3cc3n(c4=O)Cc4c-3nc3ccc(O)cc3c4CC)CC2)c1. The number of hydrogen-bond acceptors (Lipinski definition) is 12. The van der Waals surface area contributed by atoms with Gasteiger partial charge >= 0.3 is 12.1 Å². The molecule has 0 radical (unpaired) electrons. The number of pyridine rings is 2. The van der Waals surface area contributed by atoms with Crippen LogP contribution in [0.1, 0.15) is 105 Å². The van der Waals surface area contributed by atoms with Crippen LogP contribution in [0.15, 0.2) is 71.7 Å². The Morgan fingerprint density at radius 2 is 1.74 bits per heavy atom. The molecule has 0 aliphatic carbocycles. The molecule has 17 heteroatoms. The molecule has 4 aromatic heterocycles. The van der Waals surface area contributed by atoms with E-state index in [1.54, 1.807) is 51.3 Å². The van der Waals surface area contributed by atoms with E-state index in [0.717, 1.165) is 53.2 Å². The summed E-state index contributed by atoms with van der Waals surface area (Å²) in [5.41, 5.74) is 4.71. The van der Waals surface area contributed by atoms with E-state index in [1.165, 1.54) is 6.07 Å². The van der Waals surface area contributed by atoms with E-state index >= 15 is 0 Å². The van der Waals surface area contributed by atoms with Crippen molar-refractivity contribution in [3.05, 3.63) is 111 Å². The lowest BCUT2D eigenvalue weighted by atomic mass is 9.85. The van der Waals surface area contributed by atoms with E-state index in [9.17, 15) is 34.5 Å². The van der Waals surface area contributed by atoms with Gasteiger partial charge in [-0.05, 0) is 117 Å². The van der Waals surface area contributed by atoms with Crippen molar-refractivity contribution in [3.63, 3.8) is 0 Å². The highest BCUT2D eigenvalue weighted by Gasteiger charge is 2.51. The van der Waals surface area contributed by atoms with E-state index in [-0.39, 0.29) is 65.5 Å². The van der Waals surface area contributed by atoms with Crippen molar-refractivity contribution in [2.24, 2.45) is 5.92 Å². The van der Waals surface area contributed by atoms with E-state index in [2.05, 4.69) is 20.1 Å². The smallest absolute Gasteiger partial charge is 0.411 e. The number of aryl methyl sites for hydroxylation is 2. The normalized spacial score (nSPS) is 16.7. The maximum Gasteiger partial charge on any atom is 0.411 e. The number of phenols is 3. The summed E-state index contributed by atoms with van der Waals surface area (Å²) in [7, 11) is 0. The van der Waals surface area contributed by atoms with Crippen LogP contribution in [-0.4, -0.2) is 86.7 Å². The second-order valence-corrected chi connectivity index (χ2v) is 18.5. The summed E-state index contributed by atoms with van der Waals surface area (Å²) < 4.78 is 17.3. The van der Waals surface area contributed by atoms with E-state index in [0.29, 0.717) is 71.3 Å². The van der Waals surface area contributed by atoms with Crippen LogP contribution < -0.4 is 10.9 Å². The standard InChI is InChI=1S/C52H54N8O9/c1-6-33-35-22-32(61)10-11-40(35)54-45-37(33)26-59-42(45)24-39-38(49(59)65)27-68-50(66)52(39,7-2)69-51(67)58-18-14-29(15-19-58)13-17-57-20-16-30-21-31(9-12-41(30)57)60-46(55-56-47(60)48(64)53-8-3)36-23-34(28(4)5)43(62)25-44(36)63/h9-12,16,20-25,28-29,61-63H,6-8,13-15,17-19,26-27H2,1-5H3,(H,53,64)/t52-/m0/s1. The van der Waals surface area contributed by atoms with Gasteiger partial charge in [-0.1, -0.05) is 27.7 Å². The molecule has 0 saturated carbocycles. The van der Waals surface area contributed by atoms with Gasteiger partial charge in [-0.15, -0.1) is 10.2 Å². The molecule has 69 heavy (non-hydrogen) atoms. The van der Waals surface area contributed by atoms with Crippen molar-refractivity contribution >= 4 is 39.8 Å². The number of cyclic esters (lactones) is 1. The molecule has 3 aromatic carbocycles. The van der Waals surface area contributed by atoms with Gasteiger partial charge in [-0.3, -0.25) is 14.2 Å². The van der Waals surface area contributed by atoms with Crippen LogP contribution in [0, 0.1) is 5.92 Å². The number of phenolic OH excluding ortho intramolecular Hbond substituents is 3. The number of aromatic hydroxyl groups is 3. The number of likely N-dealkylation sites (tertiary alicyclic amines) is 1. The number of amides is 2. The third kappa shape index (κ3) is 7.50. The summed E-state index contributed by atoms with van der Waals surface area (Å²) in [6.45, 7) is 11.5. The van der Waals surface area contributed by atoms with Crippen LogP contribution in [0.25, 0.3) is 50.3 Å². The van der Waals surface area contributed by atoms with Crippen molar-refractivity contribution in [2.75, 3.05) is 19.6 Å². The summed E-state index contributed by atoms with van der Waals surface area (Å²) in [6, 6.07) is 17.6. The predicted octanol–water partition coefficient (Wildman–Crippen LogP) is 7.78. The monoisotopic (exact) mass is 934 g/mol. The van der Waals surface area contributed by atoms with Gasteiger partial charge in [0.25, 0.3) is 11.5 Å². The number of hydrogen-bond donors (Lipinski definition) is 4. The highest BCUT2D eigenvalue weighted by atomic mass is 16.6. The minimum Gasteiger partial charge on any atom is -0.508 e. The first-order valence-corrected chi connectivity index (χ1v) is 23.7. The van der Waals surface area contributed by atoms with Crippen molar-refractivity contribution in [1.29, 1.82) is 0 Å². The molecule has 0 spiro atoms. The fourth-order valence-corrected chi connectivity index (χ4v) is 10.5. The van der Waals surface area contributed by atoms with Crippen LogP contribution >= 0.6 is 0 Å². The summed E-state index contributed by atoms with van der Waals surface area (Å²) >= 11 is 0. The molecule has 10 rings (SSSR count). The van der Waals surface area contributed by atoms with Gasteiger partial charge in [0.15, 0.2) is 5.82 Å². The number of carbonyl (C=O) groups is 3. The molecular weight excluding hydrogens is 881 g/mol. The lowest BCUT2D eigenvalue weighted by Gasteiger charge is -2.38. The van der Waals surface area contributed by atoms with Crippen LogP contribution in [0.2, 0.25) is 0 Å². The van der Waals surface area contributed by atoms with E-state index < -0.39 is 23.6 Å². The molecule has 1 saturated heterocycles. The Morgan fingerprint density at radius 1 is 0.942 bits per heavy atom. The Kier molecular flexibility index (Phi) is 11.4. The number of nitrogens with one attached hydrogen (secondary N) is 1. The zero-order valence-corrected chi connectivity index (χ0v) is 39.2. The van der Waals surface area contributed by atoms with Crippen molar-refractivity contribution in [3.8, 4) is 45.7 Å². The molecule has 4 N–H and O–H groups in total. The molecule has 1 fully saturated rings. The second-order valence-electron chi connectivity index (χ2n) is 18.5. The fraction of sp³-hybridized carbons (Fsp3) is 0.365. The molecule has 0 unspecified atom stereocenters. The fourth-order valence-electron chi connectivity index (χ4n) is 10.5. The molecule has 356 valence electrons. The third-order valence-electron chi connectivity index (χ3n) is 14.2.